The predicted molar refractivity (Wildman–Crippen MR) is 171 cm³/mol. The first-order valence-electron chi connectivity index (χ1n) is 14.0. The summed E-state index contributed by atoms with van der Waals surface area (Å²) in [6.45, 7) is 5.03. The van der Waals surface area contributed by atoms with Crippen LogP contribution in [0.2, 0.25) is 0 Å². The molecule has 6 aromatic rings. The first-order valence-corrected chi connectivity index (χ1v) is 14.0. The SMILES string of the molecule is C=C1/C=C\C=C/CN(c2ccc(CCc3ccc(-n4c5ccccc5c5cnccc54)cc3)cc2)c2ccncc21. The molecule has 3 aromatic carbocycles. The molecule has 0 saturated carbocycles. The molecule has 7 rings (SSSR count). The number of aryl methyl sites for hydroxylation is 2. The van der Waals surface area contributed by atoms with Crippen molar-refractivity contribution in [1.82, 2.24) is 14.5 Å². The third kappa shape index (κ3) is 4.74. The molecule has 4 heterocycles. The number of fused-ring (bicyclic) bond motifs is 4. The second-order valence-electron chi connectivity index (χ2n) is 10.4. The summed E-state index contributed by atoms with van der Waals surface area (Å²) in [7, 11) is 0. The number of nitrogens with zero attached hydrogens (tertiary/aromatic N) is 4. The number of benzene rings is 3. The lowest BCUT2D eigenvalue weighted by molar-refractivity contribution is 0.957. The second-order valence-corrected chi connectivity index (χ2v) is 10.4. The summed E-state index contributed by atoms with van der Waals surface area (Å²) < 4.78 is 2.33. The minimum absolute atomic E-state index is 0.781. The van der Waals surface area contributed by atoms with Gasteiger partial charge in [-0.2, -0.15) is 0 Å². The second kappa shape index (κ2) is 10.7. The lowest BCUT2D eigenvalue weighted by Crippen LogP contribution is -2.18. The van der Waals surface area contributed by atoms with Gasteiger partial charge >= 0.3 is 0 Å². The standard InChI is InChI=1S/C37H30N4/c1-27-7-3-2-6-24-40(35-20-22-38-25-33(27)35)30-16-12-28(13-17-30)10-11-29-14-18-31(19-15-29)41-36-9-5-4-8-32(36)34-26-39-23-21-37(34)41/h2-9,12-23,25-26H,1,10-11,24H2/b6-2-,7-3-. The van der Waals surface area contributed by atoms with E-state index in [2.05, 4.69) is 123 Å². The summed E-state index contributed by atoms with van der Waals surface area (Å²) in [5.41, 5.74) is 10.5. The van der Waals surface area contributed by atoms with E-state index in [-0.39, 0.29) is 0 Å². The van der Waals surface area contributed by atoms with Gasteiger partial charge in [-0.15, -0.1) is 0 Å². The van der Waals surface area contributed by atoms with Crippen molar-refractivity contribution in [2.75, 3.05) is 11.4 Å². The summed E-state index contributed by atoms with van der Waals surface area (Å²) in [5.74, 6) is 0. The average Bonchev–Trinajstić information content (AvgIpc) is 3.40. The molecular formula is C37H30N4. The zero-order chi connectivity index (χ0) is 27.6. The lowest BCUT2D eigenvalue weighted by atomic mass is 10.0. The monoisotopic (exact) mass is 530 g/mol. The molecule has 0 fully saturated rings. The first-order chi connectivity index (χ1) is 20.3. The Morgan fingerprint density at radius 1 is 0.659 bits per heavy atom. The van der Waals surface area contributed by atoms with Gasteiger partial charge in [0.25, 0.3) is 0 Å². The maximum absolute atomic E-state index is 4.37. The van der Waals surface area contributed by atoms with Gasteiger partial charge in [-0.3, -0.25) is 9.97 Å². The van der Waals surface area contributed by atoms with Gasteiger partial charge in [0, 0.05) is 59.0 Å². The van der Waals surface area contributed by atoms with Crippen molar-refractivity contribution in [3.8, 4) is 5.69 Å². The van der Waals surface area contributed by atoms with Gasteiger partial charge in [0.15, 0.2) is 0 Å². The van der Waals surface area contributed by atoms with E-state index >= 15 is 0 Å². The van der Waals surface area contributed by atoms with Crippen molar-refractivity contribution in [2.45, 2.75) is 12.8 Å². The molecule has 1 aliphatic heterocycles. The molecular weight excluding hydrogens is 500 g/mol. The number of para-hydroxylation sites is 1. The summed E-state index contributed by atoms with van der Waals surface area (Å²) in [6.07, 6.45) is 17.9. The zero-order valence-corrected chi connectivity index (χ0v) is 22.8. The largest absolute Gasteiger partial charge is 0.337 e. The Morgan fingerprint density at radius 2 is 1.34 bits per heavy atom. The third-order valence-corrected chi connectivity index (χ3v) is 7.89. The van der Waals surface area contributed by atoms with Crippen LogP contribution in [-0.4, -0.2) is 21.1 Å². The molecule has 0 spiro atoms. The highest BCUT2D eigenvalue weighted by Crippen LogP contribution is 2.33. The molecule has 4 nitrogen and oxygen atoms in total. The van der Waals surface area contributed by atoms with Crippen LogP contribution in [0.5, 0.6) is 0 Å². The molecule has 0 saturated heterocycles. The Hall–Kier alpha value is -5.22. The van der Waals surface area contributed by atoms with E-state index < -0.39 is 0 Å². The molecule has 0 atom stereocenters. The minimum Gasteiger partial charge on any atom is -0.337 e. The van der Waals surface area contributed by atoms with E-state index in [1.54, 1.807) is 0 Å². The van der Waals surface area contributed by atoms with Gasteiger partial charge in [-0.1, -0.05) is 73.3 Å². The molecule has 4 heteroatoms. The van der Waals surface area contributed by atoms with E-state index in [1.807, 2.05) is 36.9 Å². The fourth-order valence-electron chi connectivity index (χ4n) is 5.76. The molecule has 0 aliphatic carbocycles. The summed E-state index contributed by atoms with van der Waals surface area (Å²) in [5, 5.41) is 2.41. The number of anilines is 2. The van der Waals surface area contributed by atoms with Gasteiger partial charge in [0.1, 0.15) is 0 Å². The summed E-state index contributed by atoms with van der Waals surface area (Å²) in [6, 6.07) is 30.6. The van der Waals surface area contributed by atoms with Crippen molar-refractivity contribution in [3.63, 3.8) is 0 Å². The van der Waals surface area contributed by atoms with Crippen LogP contribution < -0.4 is 4.90 Å². The van der Waals surface area contributed by atoms with Crippen LogP contribution in [0.1, 0.15) is 16.7 Å². The average molecular weight is 531 g/mol. The molecule has 3 aromatic heterocycles. The van der Waals surface area contributed by atoms with Crippen LogP contribution in [-0.2, 0) is 12.8 Å². The Labute approximate surface area is 240 Å². The fourth-order valence-corrected chi connectivity index (χ4v) is 5.76. The van der Waals surface area contributed by atoms with Crippen molar-refractivity contribution in [1.29, 1.82) is 0 Å². The Morgan fingerprint density at radius 3 is 2.15 bits per heavy atom. The number of hydrogen-bond acceptors (Lipinski definition) is 3. The van der Waals surface area contributed by atoms with Crippen molar-refractivity contribution in [3.05, 3.63) is 157 Å². The zero-order valence-electron chi connectivity index (χ0n) is 22.8. The van der Waals surface area contributed by atoms with Crippen LogP contribution >= 0.6 is 0 Å². The topological polar surface area (TPSA) is 34.0 Å². The molecule has 198 valence electrons. The fraction of sp³-hybridized carbons (Fsp3) is 0.0811. The molecule has 41 heavy (non-hydrogen) atoms. The quantitative estimate of drug-likeness (QED) is 0.224. The molecule has 0 amide bonds. The van der Waals surface area contributed by atoms with Crippen LogP contribution in [0.4, 0.5) is 11.4 Å². The maximum Gasteiger partial charge on any atom is 0.0571 e. The van der Waals surface area contributed by atoms with Crippen molar-refractivity contribution < 1.29 is 0 Å². The van der Waals surface area contributed by atoms with Crippen LogP contribution in [0.3, 0.4) is 0 Å². The molecule has 0 radical (unpaired) electrons. The van der Waals surface area contributed by atoms with Crippen LogP contribution in [0.15, 0.2) is 141 Å². The molecule has 0 unspecified atom stereocenters. The number of allylic oxidation sites excluding steroid dienone is 4. The van der Waals surface area contributed by atoms with E-state index in [0.29, 0.717) is 0 Å². The summed E-state index contributed by atoms with van der Waals surface area (Å²) >= 11 is 0. The number of aromatic nitrogens is 3. The highest BCUT2D eigenvalue weighted by atomic mass is 15.1. The van der Waals surface area contributed by atoms with Crippen LogP contribution in [0, 0.1) is 0 Å². The third-order valence-electron chi connectivity index (χ3n) is 7.89. The van der Waals surface area contributed by atoms with Gasteiger partial charge in [0.2, 0.25) is 0 Å². The minimum atomic E-state index is 0.781. The van der Waals surface area contributed by atoms with Gasteiger partial charge in [-0.05, 0) is 72.0 Å². The number of rotatable bonds is 5. The molecule has 0 N–H and O–H groups in total. The van der Waals surface area contributed by atoms with Crippen LogP contribution in [0.25, 0.3) is 33.1 Å². The van der Waals surface area contributed by atoms with Gasteiger partial charge in [-0.25, -0.2) is 0 Å². The highest BCUT2D eigenvalue weighted by molar-refractivity contribution is 6.08. The van der Waals surface area contributed by atoms with Crippen molar-refractivity contribution in [2.24, 2.45) is 0 Å². The Balaban J connectivity index is 1.09. The maximum atomic E-state index is 4.37. The van der Waals surface area contributed by atoms with E-state index in [0.717, 1.165) is 41.9 Å². The highest BCUT2D eigenvalue weighted by Gasteiger charge is 2.15. The van der Waals surface area contributed by atoms with E-state index in [9.17, 15) is 0 Å². The summed E-state index contributed by atoms with van der Waals surface area (Å²) in [4.78, 5) is 11.0. The lowest BCUT2D eigenvalue weighted by Gasteiger charge is -2.26. The van der Waals surface area contributed by atoms with Crippen molar-refractivity contribution >= 4 is 38.8 Å². The smallest absolute Gasteiger partial charge is 0.0571 e. The number of hydrogen-bond donors (Lipinski definition) is 0. The predicted octanol–water partition coefficient (Wildman–Crippen LogP) is 8.64. The Bertz CT molecular complexity index is 1870. The van der Waals surface area contributed by atoms with Gasteiger partial charge < -0.3 is 9.47 Å². The molecule has 1 aliphatic rings. The van der Waals surface area contributed by atoms with E-state index in [4.69, 9.17) is 0 Å². The van der Waals surface area contributed by atoms with Gasteiger partial charge in [0.05, 0.1) is 16.7 Å². The van der Waals surface area contributed by atoms with E-state index in [1.165, 1.54) is 38.6 Å². The first kappa shape index (κ1) is 24.8. The number of pyridine rings is 2. The molecule has 0 bridgehead atoms. The Kier molecular flexibility index (Phi) is 6.50. The normalized spacial score (nSPS) is 14.8.